The second-order valence-corrected chi connectivity index (χ2v) is 4.83. The van der Waals surface area contributed by atoms with Crippen LogP contribution in [-0.2, 0) is 9.59 Å². The van der Waals surface area contributed by atoms with Crippen LogP contribution in [0.2, 0.25) is 5.02 Å². The third kappa shape index (κ3) is 2.07. The first-order valence-electron chi connectivity index (χ1n) is 5.48. The normalized spacial score (nSPS) is 17.9. The van der Waals surface area contributed by atoms with Gasteiger partial charge in [-0.25, -0.2) is 0 Å². The summed E-state index contributed by atoms with van der Waals surface area (Å²) in [6.07, 6.45) is 0. The van der Waals surface area contributed by atoms with Gasteiger partial charge in [-0.2, -0.15) is 0 Å². The van der Waals surface area contributed by atoms with Crippen molar-refractivity contribution < 1.29 is 9.59 Å². The number of amides is 2. The SMILES string of the molecule is CN(C)C(=O)CN1C(=O)C(N)c2cc(Cl)ccc21. The van der Waals surface area contributed by atoms with Crippen molar-refractivity contribution in [3.05, 3.63) is 28.8 Å². The van der Waals surface area contributed by atoms with Crippen molar-refractivity contribution in [2.45, 2.75) is 6.04 Å². The Morgan fingerprint density at radius 1 is 1.50 bits per heavy atom. The number of carbonyl (C=O) groups is 2. The van der Waals surface area contributed by atoms with Gasteiger partial charge in [-0.05, 0) is 18.2 Å². The van der Waals surface area contributed by atoms with E-state index in [-0.39, 0.29) is 18.4 Å². The van der Waals surface area contributed by atoms with E-state index in [1.54, 1.807) is 32.3 Å². The zero-order valence-electron chi connectivity index (χ0n) is 10.2. The molecule has 1 aromatic carbocycles. The molecule has 0 bridgehead atoms. The molecule has 2 amide bonds. The number of nitrogens with zero attached hydrogens (tertiary/aromatic N) is 2. The van der Waals surface area contributed by atoms with Gasteiger partial charge in [-0.3, -0.25) is 9.59 Å². The van der Waals surface area contributed by atoms with E-state index in [0.29, 0.717) is 16.3 Å². The van der Waals surface area contributed by atoms with E-state index >= 15 is 0 Å². The number of fused-ring (bicyclic) bond motifs is 1. The fourth-order valence-electron chi connectivity index (χ4n) is 1.88. The van der Waals surface area contributed by atoms with Crippen LogP contribution < -0.4 is 10.6 Å². The molecule has 0 fully saturated rings. The van der Waals surface area contributed by atoms with Crippen molar-refractivity contribution >= 4 is 29.1 Å². The summed E-state index contributed by atoms with van der Waals surface area (Å²) in [4.78, 5) is 26.6. The lowest BCUT2D eigenvalue weighted by molar-refractivity contribution is -0.129. The van der Waals surface area contributed by atoms with Crippen LogP contribution in [0.5, 0.6) is 0 Å². The second kappa shape index (κ2) is 4.59. The largest absolute Gasteiger partial charge is 0.347 e. The lowest BCUT2D eigenvalue weighted by atomic mass is 10.1. The number of nitrogens with two attached hydrogens (primary N) is 1. The molecule has 1 aromatic rings. The van der Waals surface area contributed by atoms with Crippen LogP contribution in [0, 0.1) is 0 Å². The molecule has 2 N–H and O–H groups in total. The van der Waals surface area contributed by atoms with E-state index in [2.05, 4.69) is 0 Å². The molecule has 1 unspecified atom stereocenters. The molecule has 1 aliphatic heterocycles. The Labute approximate surface area is 110 Å². The van der Waals surface area contributed by atoms with Crippen molar-refractivity contribution in [1.29, 1.82) is 0 Å². The number of rotatable bonds is 2. The summed E-state index contributed by atoms with van der Waals surface area (Å²) in [7, 11) is 3.29. The lowest BCUT2D eigenvalue weighted by Gasteiger charge is -2.19. The highest BCUT2D eigenvalue weighted by Gasteiger charge is 2.36. The van der Waals surface area contributed by atoms with Gasteiger partial charge in [0.2, 0.25) is 11.8 Å². The summed E-state index contributed by atoms with van der Waals surface area (Å²) in [6.45, 7) is -0.00579. The van der Waals surface area contributed by atoms with Gasteiger partial charge in [0.05, 0.1) is 0 Å². The van der Waals surface area contributed by atoms with Gasteiger partial charge >= 0.3 is 0 Å². The quantitative estimate of drug-likeness (QED) is 0.861. The minimum Gasteiger partial charge on any atom is -0.347 e. The molecule has 0 radical (unpaired) electrons. The Balaban J connectivity index is 2.34. The van der Waals surface area contributed by atoms with Crippen LogP contribution in [0.1, 0.15) is 11.6 Å². The van der Waals surface area contributed by atoms with Gasteiger partial charge in [0, 0.05) is 30.4 Å². The highest BCUT2D eigenvalue weighted by atomic mass is 35.5. The zero-order chi connectivity index (χ0) is 13.4. The average molecular weight is 268 g/mol. The molecule has 2 rings (SSSR count). The third-order valence-electron chi connectivity index (χ3n) is 2.94. The van der Waals surface area contributed by atoms with Crippen LogP contribution in [0.3, 0.4) is 0 Å². The van der Waals surface area contributed by atoms with E-state index in [0.717, 1.165) is 0 Å². The molecule has 18 heavy (non-hydrogen) atoms. The van der Waals surface area contributed by atoms with Crippen molar-refractivity contribution in [1.82, 2.24) is 4.90 Å². The molecule has 96 valence electrons. The van der Waals surface area contributed by atoms with E-state index in [9.17, 15) is 9.59 Å². The third-order valence-corrected chi connectivity index (χ3v) is 3.17. The van der Waals surface area contributed by atoms with E-state index in [4.69, 9.17) is 17.3 Å². The minimum atomic E-state index is -0.742. The number of benzene rings is 1. The standard InChI is InChI=1S/C12H14ClN3O2/c1-15(2)10(17)6-16-9-4-3-7(13)5-8(9)11(14)12(16)18/h3-5,11H,6,14H2,1-2H3. The monoisotopic (exact) mass is 267 g/mol. The minimum absolute atomic E-state index is 0.00579. The van der Waals surface area contributed by atoms with Crippen molar-refractivity contribution in [3.8, 4) is 0 Å². The molecule has 0 aromatic heterocycles. The Morgan fingerprint density at radius 2 is 2.17 bits per heavy atom. The van der Waals surface area contributed by atoms with Crippen LogP contribution >= 0.6 is 11.6 Å². The van der Waals surface area contributed by atoms with Crippen molar-refractivity contribution in [2.24, 2.45) is 5.73 Å². The van der Waals surface area contributed by atoms with Crippen LogP contribution in [0.15, 0.2) is 18.2 Å². The molecular formula is C12H14ClN3O2. The van der Waals surface area contributed by atoms with Gasteiger partial charge in [0.25, 0.3) is 0 Å². The molecule has 0 spiro atoms. The smallest absolute Gasteiger partial charge is 0.249 e. The van der Waals surface area contributed by atoms with Gasteiger partial charge in [-0.1, -0.05) is 11.6 Å². The number of carbonyl (C=O) groups excluding carboxylic acids is 2. The van der Waals surface area contributed by atoms with Crippen molar-refractivity contribution in [3.63, 3.8) is 0 Å². The van der Waals surface area contributed by atoms with E-state index < -0.39 is 6.04 Å². The summed E-state index contributed by atoms with van der Waals surface area (Å²) in [5, 5.41) is 0.526. The molecule has 1 heterocycles. The molecule has 6 heteroatoms. The van der Waals surface area contributed by atoms with E-state index in [1.807, 2.05) is 0 Å². The highest BCUT2D eigenvalue weighted by molar-refractivity contribution is 6.31. The number of hydrogen-bond donors (Lipinski definition) is 1. The first-order valence-corrected chi connectivity index (χ1v) is 5.86. The van der Waals surface area contributed by atoms with Gasteiger partial charge in [0.1, 0.15) is 12.6 Å². The molecular weight excluding hydrogens is 254 g/mol. The van der Waals surface area contributed by atoms with Gasteiger partial charge in [-0.15, -0.1) is 0 Å². The predicted molar refractivity (Wildman–Crippen MR) is 69.4 cm³/mol. The average Bonchev–Trinajstić information content (AvgIpc) is 2.54. The summed E-state index contributed by atoms with van der Waals surface area (Å²) in [6, 6.07) is 4.32. The maximum atomic E-state index is 12.0. The molecule has 1 aliphatic rings. The lowest BCUT2D eigenvalue weighted by Crippen LogP contribution is -2.40. The Morgan fingerprint density at radius 3 is 2.78 bits per heavy atom. The first-order chi connectivity index (χ1) is 8.41. The number of likely N-dealkylation sites (N-methyl/N-ethyl adjacent to an activating group) is 1. The van der Waals surface area contributed by atoms with E-state index in [1.165, 1.54) is 9.80 Å². The maximum Gasteiger partial charge on any atom is 0.249 e. The van der Waals surface area contributed by atoms with Crippen LogP contribution in [-0.4, -0.2) is 37.4 Å². The predicted octanol–water partition coefficient (Wildman–Crippen LogP) is 0.775. The highest BCUT2D eigenvalue weighted by Crippen LogP contribution is 2.35. The fourth-order valence-corrected chi connectivity index (χ4v) is 2.06. The Bertz CT molecular complexity index is 516. The summed E-state index contributed by atoms with van der Waals surface area (Å²) >= 11 is 5.88. The molecule has 5 nitrogen and oxygen atoms in total. The summed E-state index contributed by atoms with van der Waals surface area (Å²) < 4.78 is 0. The van der Waals surface area contributed by atoms with Crippen LogP contribution in [0.4, 0.5) is 5.69 Å². The molecule has 1 atom stereocenters. The van der Waals surface area contributed by atoms with Gasteiger partial charge < -0.3 is 15.5 Å². The topological polar surface area (TPSA) is 66.6 Å². The fraction of sp³-hybridized carbons (Fsp3) is 0.333. The van der Waals surface area contributed by atoms with Crippen LogP contribution in [0.25, 0.3) is 0 Å². The number of halogens is 1. The molecule has 0 saturated carbocycles. The maximum absolute atomic E-state index is 12.0. The summed E-state index contributed by atoms with van der Waals surface area (Å²) in [5.41, 5.74) is 7.15. The van der Waals surface area contributed by atoms with Crippen molar-refractivity contribution in [2.75, 3.05) is 25.5 Å². The van der Waals surface area contributed by atoms with Gasteiger partial charge in [0.15, 0.2) is 0 Å². The second-order valence-electron chi connectivity index (χ2n) is 4.39. The zero-order valence-corrected chi connectivity index (χ0v) is 10.9. The molecule has 0 aliphatic carbocycles. The Kier molecular flexibility index (Phi) is 3.28. The first kappa shape index (κ1) is 12.9. The Hall–Kier alpha value is -1.59. The summed E-state index contributed by atoms with van der Waals surface area (Å²) in [5.74, 6) is -0.430. The number of hydrogen-bond acceptors (Lipinski definition) is 3. The number of anilines is 1. The molecule has 0 saturated heterocycles.